The Balaban J connectivity index is 4.00. The highest BCUT2D eigenvalue weighted by molar-refractivity contribution is 7.81. The summed E-state index contributed by atoms with van der Waals surface area (Å²) in [6.45, 7) is 4.13. The van der Waals surface area contributed by atoms with E-state index in [0.717, 1.165) is 12.8 Å². The molecular formula is C8H18ClO3P. The Morgan fingerprint density at radius 1 is 1.15 bits per heavy atom. The first-order valence-electron chi connectivity index (χ1n) is 4.57. The molecule has 0 bridgehead atoms. The molecule has 0 radical (unpaired) electrons. The van der Waals surface area contributed by atoms with Gasteiger partial charge in [-0.2, -0.15) is 0 Å². The highest BCUT2D eigenvalue weighted by Crippen LogP contribution is 2.55. The Labute approximate surface area is 85.1 Å². The van der Waals surface area contributed by atoms with E-state index in [4.69, 9.17) is 20.3 Å². The number of halogens is 1. The largest absolute Gasteiger partial charge is 0.424 e. The molecule has 80 valence electrons. The van der Waals surface area contributed by atoms with E-state index >= 15 is 0 Å². The summed E-state index contributed by atoms with van der Waals surface area (Å²) < 4.78 is 21.6. The lowest BCUT2D eigenvalue weighted by molar-refractivity contribution is 0.135. The van der Waals surface area contributed by atoms with Crippen LogP contribution in [0.5, 0.6) is 0 Å². The molecule has 0 aliphatic carbocycles. The molecule has 0 spiro atoms. The molecule has 0 aliphatic heterocycles. The van der Waals surface area contributed by atoms with Gasteiger partial charge in [-0.15, -0.1) is 0 Å². The lowest BCUT2D eigenvalue weighted by atomic mass is 10.3. The van der Waals surface area contributed by atoms with Crippen LogP contribution in [0, 0.1) is 0 Å². The van der Waals surface area contributed by atoms with Gasteiger partial charge in [-0.3, -0.25) is 9.05 Å². The molecule has 0 amide bonds. The third-order valence-corrected chi connectivity index (χ3v) is 3.46. The van der Waals surface area contributed by atoms with Crippen molar-refractivity contribution in [3.8, 4) is 0 Å². The molecule has 13 heavy (non-hydrogen) atoms. The van der Waals surface area contributed by atoms with Crippen molar-refractivity contribution in [2.45, 2.75) is 52.7 Å². The molecule has 0 aromatic carbocycles. The Kier molecular flexibility index (Phi) is 6.23. The second-order valence-corrected chi connectivity index (χ2v) is 5.60. The van der Waals surface area contributed by atoms with E-state index in [2.05, 4.69) is 0 Å². The zero-order valence-corrected chi connectivity index (χ0v) is 10.3. The van der Waals surface area contributed by atoms with E-state index in [1.54, 1.807) is 0 Å². The second-order valence-electron chi connectivity index (χ2n) is 3.08. The van der Waals surface area contributed by atoms with E-state index in [1.165, 1.54) is 0 Å². The van der Waals surface area contributed by atoms with Crippen molar-refractivity contribution >= 4 is 18.2 Å². The van der Waals surface area contributed by atoms with Gasteiger partial charge in [-0.1, -0.05) is 13.8 Å². The molecule has 0 saturated carbocycles. The molecule has 0 unspecified atom stereocenters. The van der Waals surface area contributed by atoms with Gasteiger partial charge in [-0.25, -0.2) is 4.57 Å². The summed E-state index contributed by atoms with van der Waals surface area (Å²) >= 11 is 5.59. The zero-order valence-electron chi connectivity index (χ0n) is 8.62. The summed E-state index contributed by atoms with van der Waals surface area (Å²) in [7, 11) is 0. The Bertz CT molecular complexity index is 170. The average molecular weight is 229 g/mol. The highest BCUT2D eigenvalue weighted by atomic mass is 35.7. The molecule has 0 aliphatic rings. The van der Waals surface area contributed by atoms with Crippen LogP contribution in [-0.4, -0.2) is 12.2 Å². The van der Waals surface area contributed by atoms with Crippen molar-refractivity contribution in [2.24, 2.45) is 0 Å². The van der Waals surface area contributed by atoms with Crippen molar-refractivity contribution in [1.82, 2.24) is 0 Å². The van der Waals surface area contributed by atoms with Gasteiger partial charge in [0.25, 0.3) is 0 Å². The average Bonchev–Trinajstić information content (AvgIpc) is 2.02. The van der Waals surface area contributed by atoms with Crippen LogP contribution >= 0.6 is 18.2 Å². The van der Waals surface area contributed by atoms with Crippen LogP contribution in [0.1, 0.15) is 40.5 Å². The monoisotopic (exact) mass is 228 g/mol. The number of hydrogen-bond donors (Lipinski definition) is 0. The van der Waals surface area contributed by atoms with Crippen LogP contribution in [0.25, 0.3) is 0 Å². The summed E-state index contributed by atoms with van der Waals surface area (Å²) in [5.74, 6) is 0. The molecule has 0 rings (SSSR count). The molecule has 2 atom stereocenters. The van der Waals surface area contributed by atoms with Gasteiger partial charge in [-0.05, 0) is 26.7 Å². The molecule has 0 N–H and O–H groups in total. The number of rotatable bonds is 6. The summed E-state index contributed by atoms with van der Waals surface area (Å²) in [4.78, 5) is 0. The fourth-order valence-corrected chi connectivity index (χ4v) is 2.63. The highest BCUT2D eigenvalue weighted by Gasteiger charge is 2.25. The predicted octanol–water partition coefficient (Wildman–Crippen LogP) is 3.96. The van der Waals surface area contributed by atoms with Crippen molar-refractivity contribution in [1.29, 1.82) is 0 Å². The standard InChI is InChI=1S/C8H18ClO3P/c1-5-7(3)11-13(9,10)12-8(4)6-2/h7-8H,5-6H2,1-4H3/t7-,8-/m0/s1. The van der Waals surface area contributed by atoms with Gasteiger partial charge in [0.05, 0.1) is 12.2 Å². The van der Waals surface area contributed by atoms with Crippen molar-refractivity contribution in [3.05, 3.63) is 0 Å². The van der Waals surface area contributed by atoms with E-state index in [0.29, 0.717) is 0 Å². The normalized spacial score (nSPS) is 17.0. The van der Waals surface area contributed by atoms with Crippen LogP contribution in [-0.2, 0) is 13.6 Å². The third kappa shape index (κ3) is 6.50. The maximum absolute atomic E-state index is 11.5. The minimum Gasteiger partial charge on any atom is -0.294 e. The summed E-state index contributed by atoms with van der Waals surface area (Å²) in [6.07, 6.45) is 1.26. The Morgan fingerprint density at radius 2 is 1.46 bits per heavy atom. The van der Waals surface area contributed by atoms with E-state index < -0.39 is 6.95 Å². The zero-order chi connectivity index (χ0) is 10.5. The van der Waals surface area contributed by atoms with Crippen molar-refractivity contribution < 1.29 is 13.6 Å². The predicted molar refractivity (Wildman–Crippen MR) is 55.1 cm³/mol. The van der Waals surface area contributed by atoms with Crippen LogP contribution in [0.3, 0.4) is 0 Å². The molecule has 0 saturated heterocycles. The van der Waals surface area contributed by atoms with E-state index in [9.17, 15) is 4.57 Å². The van der Waals surface area contributed by atoms with Gasteiger partial charge < -0.3 is 0 Å². The first-order chi connectivity index (χ1) is 5.91. The molecule has 3 nitrogen and oxygen atoms in total. The Hall–Kier alpha value is 0.440. The molecule has 0 fully saturated rings. The summed E-state index contributed by atoms with van der Waals surface area (Å²) in [5.41, 5.74) is 0. The van der Waals surface area contributed by atoms with Crippen LogP contribution < -0.4 is 0 Å². The SMILES string of the molecule is CC[C@H](C)OP(=O)(Cl)O[C@@H](C)CC. The minimum absolute atomic E-state index is 0.132. The fraction of sp³-hybridized carbons (Fsp3) is 1.00. The molecule has 0 aromatic rings. The fourth-order valence-electron chi connectivity index (χ4n) is 0.604. The lowest BCUT2D eigenvalue weighted by Gasteiger charge is -2.18. The van der Waals surface area contributed by atoms with Crippen LogP contribution in [0.15, 0.2) is 0 Å². The van der Waals surface area contributed by atoms with E-state index in [-0.39, 0.29) is 12.2 Å². The third-order valence-electron chi connectivity index (χ3n) is 1.76. The lowest BCUT2D eigenvalue weighted by Crippen LogP contribution is -2.08. The van der Waals surface area contributed by atoms with Crippen molar-refractivity contribution in [2.75, 3.05) is 0 Å². The topological polar surface area (TPSA) is 35.5 Å². The van der Waals surface area contributed by atoms with E-state index in [1.807, 2.05) is 27.7 Å². The molecule has 0 aromatic heterocycles. The van der Waals surface area contributed by atoms with Gasteiger partial charge in [0.2, 0.25) is 0 Å². The van der Waals surface area contributed by atoms with Gasteiger partial charge in [0.15, 0.2) is 0 Å². The Morgan fingerprint density at radius 3 is 1.69 bits per heavy atom. The van der Waals surface area contributed by atoms with Gasteiger partial charge in [0.1, 0.15) is 0 Å². The maximum atomic E-state index is 11.5. The molecular weight excluding hydrogens is 211 g/mol. The van der Waals surface area contributed by atoms with Gasteiger partial charge in [0, 0.05) is 11.2 Å². The van der Waals surface area contributed by atoms with Crippen molar-refractivity contribution in [3.63, 3.8) is 0 Å². The summed E-state index contributed by atoms with van der Waals surface area (Å²) in [6, 6.07) is 0. The quantitative estimate of drug-likeness (QED) is 0.646. The van der Waals surface area contributed by atoms with Crippen LogP contribution in [0.4, 0.5) is 0 Å². The maximum Gasteiger partial charge on any atom is 0.424 e. The minimum atomic E-state index is -3.37. The first-order valence-corrected chi connectivity index (χ1v) is 7.02. The van der Waals surface area contributed by atoms with Crippen LogP contribution in [0.2, 0.25) is 0 Å². The summed E-state index contributed by atoms with van der Waals surface area (Å²) in [5, 5.41) is 0. The van der Waals surface area contributed by atoms with Gasteiger partial charge >= 0.3 is 6.95 Å². The first kappa shape index (κ1) is 13.4. The smallest absolute Gasteiger partial charge is 0.294 e. The second kappa shape index (κ2) is 6.02. The molecule has 5 heteroatoms. The molecule has 0 heterocycles. The number of hydrogen-bond acceptors (Lipinski definition) is 3.